The van der Waals surface area contributed by atoms with Crippen LogP contribution >= 0.6 is 0 Å². The van der Waals surface area contributed by atoms with E-state index in [9.17, 15) is 0 Å². The molecule has 0 amide bonds. The summed E-state index contributed by atoms with van der Waals surface area (Å²) in [5, 5.41) is 3.67. The minimum absolute atomic E-state index is 0.503. The summed E-state index contributed by atoms with van der Waals surface area (Å²) in [5.74, 6) is 2.76. The van der Waals surface area contributed by atoms with Crippen molar-refractivity contribution in [3.8, 4) is 22.8 Å². The minimum Gasteiger partial charge on any atom is -0.439 e. The zero-order valence-corrected chi connectivity index (χ0v) is 23.2. The van der Waals surface area contributed by atoms with E-state index in [1.54, 1.807) is 0 Å². The lowest BCUT2D eigenvalue weighted by molar-refractivity contribution is 0.463. The van der Waals surface area contributed by atoms with Gasteiger partial charge in [-0.3, -0.25) is 4.90 Å². The predicted molar refractivity (Wildman–Crippen MR) is 176 cm³/mol. The first-order chi connectivity index (χ1) is 21.3. The molecule has 1 N–H and O–H groups in total. The topological polar surface area (TPSA) is 50.3 Å². The molecule has 0 saturated carbocycles. The van der Waals surface area contributed by atoms with Gasteiger partial charge in [-0.05, 0) is 64.7 Å². The van der Waals surface area contributed by atoms with Gasteiger partial charge in [0.1, 0.15) is 17.4 Å². The number of pyridine rings is 2. The van der Waals surface area contributed by atoms with Gasteiger partial charge in [0.15, 0.2) is 0 Å². The van der Waals surface area contributed by atoms with E-state index in [0.717, 1.165) is 62.1 Å². The van der Waals surface area contributed by atoms with E-state index in [1.807, 2.05) is 54.7 Å². The molecule has 0 spiro atoms. The molecule has 5 heteroatoms. The van der Waals surface area contributed by atoms with E-state index in [0.29, 0.717) is 11.6 Å². The van der Waals surface area contributed by atoms with Gasteiger partial charge < -0.3 is 10.1 Å². The van der Waals surface area contributed by atoms with Gasteiger partial charge in [-0.1, -0.05) is 97.1 Å². The standard InChI is InChI=1S/C38H26N4O/c1-3-16-33-26(9-1)20-22-28-11-6-15-32(37(28)40-33)30-12-5-14-31(25-30)43-36-19-7-18-35(41-36)42-34-17-4-2-10-27(34)21-23-29-13-8-24-39-38(29)42/h1-25,40H. The number of fused-ring (bicyclic) bond motifs is 4. The molecule has 0 fully saturated rings. The molecule has 0 radical (unpaired) electrons. The maximum absolute atomic E-state index is 6.40. The highest BCUT2D eigenvalue weighted by atomic mass is 16.5. The first kappa shape index (κ1) is 24.8. The second-order valence-corrected chi connectivity index (χ2v) is 10.4. The molecule has 2 aromatic heterocycles. The van der Waals surface area contributed by atoms with Crippen LogP contribution in [0.4, 0.5) is 28.7 Å². The number of nitrogens with one attached hydrogen (secondary N) is 1. The van der Waals surface area contributed by atoms with E-state index in [4.69, 9.17) is 14.7 Å². The third kappa shape index (κ3) is 4.63. The molecule has 5 nitrogen and oxygen atoms in total. The summed E-state index contributed by atoms with van der Waals surface area (Å²) < 4.78 is 6.40. The average molecular weight is 555 g/mol. The molecular formula is C38H26N4O. The molecule has 4 heterocycles. The van der Waals surface area contributed by atoms with Crippen LogP contribution in [0.5, 0.6) is 11.6 Å². The van der Waals surface area contributed by atoms with Crippen molar-refractivity contribution >= 4 is 53.0 Å². The van der Waals surface area contributed by atoms with Crippen LogP contribution in [0.15, 0.2) is 128 Å². The minimum atomic E-state index is 0.503. The highest BCUT2D eigenvalue weighted by Crippen LogP contribution is 2.41. The fraction of sp³-hybridized carbons (Fsp3) is 0. The molecule has 8 rings (SSSR count). The van der Waals surface area contributed by atoms with Crippen LogP contribution in [0.3, 0.4) is 0 Å². The Bertz CT molecular complexity index is 2010. The normalized spacial score (nSPS) is 12.6. The summed E-state index contributed by atoms with van der Waals surface area (Å²) in [6.07, 6.45) is 10.3. The van der Waals surface area contributed by atoms with Gasteiger partial charge in [0, 0.05) is 29.1 Å². The summed E-state index contributed by atoms with van der Waals surface area (Å²) >= 11 is 0. The maximum Gasteiger partial charge on any atom is 0.221 e. The second-order valence-electron chi connectivity index (χ2n) is 10.4. The number of aromatic nitrogens is 2. The van der Waals surface area contributed by atoms with Crippen LogP contribution in [0.2, 0.25) is 0 Å². The number of para-hydroxylation sites is 3. The van der Waals surface area contributed by atoms with Crippen LogP contribution in [0.25, 0.3) is 35.4 Å². The van der Waals surface area contributed by atoms with E-state index < -0.39 is 0 Å². The lowest BCUT2D eigenvalue weighted by Gasteiger charge is -2.25. The molecule has 0 saturated heterocycles. The van der Waals surface area contributed by atoms with Gasteiger partial charge in [-0.25, -0.2) is 4.98 Å². The third-order valence-corrected chi connectivity index (χ3v) is 7.71. The van der Waals surface area contributed by atoms with Crippen molar-refractivity contribution in [3.05, 3.63) is 150 Å². The molecule has 2 aliphatic heterocycles. The Labute approximate surface area is 250 Å². The summed E-state index contributed by atoms with van der Waals surface area (Å²) in [7, 11) is 0. The Morgan fingerprint density at radius 3 is 2.33 bits per heavy atom. The number of hydrogen-bond acceptors (Lipinski definition) is 5. The molecule has 2 aliphatic rings. The van der Waals surface area contributed by atoms with Gasteiger partial charge in [0.2, 0.25) is 5.88 Å². The van der Waals surface area contributed by atoms with E-state index in [1.165, 1.54) is 0 Å². The Kier molecular flexibility index (Phi) is 6.05. The van der Waals surface area contributed by atoms with Gasteiger partial charge in [0.05, 0.1) is 11.4 Å². The highest BCUT2D eigenvalue weighted by molar-refractivity contribution is 5.95. The predicted octanol–water partition coefficient (Wildman–Crippen LogP) is 10.1. The van der Waals surface area contributed by atoms with Gasteiger partial charge in [-0.2, -0.15) is 4.98 Å². The molecule has 0 unspecified atom stereocenters. The summed E-state index contributed by atoms with van der Waals surface area (Å²) in [4.78, 5) is 11.8. The average Bonchev–Trinajstić information content (AvgIpc) is 3.35. The van der Waals surface area contributed by atoms with Crippen molar-refractivity contribution in [2.24, 2.45) is 0 Å². The lowest BCUT2D eigenvalue weighted by atomic mass is 9.99. The molecule has 6 aromatic rings. The molecule has 43 heavy (non-hydrogen) atoms. The first-order valence-electron chi connectivity index (χ1n) is 14.2. The summed E-state index contributed by atoms with van der Waals surface area (Å²) in [5.41, 5.74) is 9.72. The van der Waals surface area contributed by atoms with Crippen LogP contribution in [-0.4, -0.2) is 9.97 Å². The molecule has 0 aliphatic carbocycles. The van der Waals surface area contributed by atoms with Crippen molar-refractivity contribution in [1.29, 1.82) is 0 Å². The quantitative estimate of drug-likeness (QED) is 0.235. The second kappa shape index (κ2) is 10.5. The zero-order chi connectivity index (χ0) is 28.6. The van der Waals surface area contributed by atoms with E-state index >= 15 is 0 Å². The lowest BCUT2D eigenvalue weighted by Crippen LogP contribution is -2.14. The van der Waals surface area contributed by atoms with Gasteiger partial charge >= 0.3 is 0 Å². The van der Waals surface area contributed by atoms with E-state index in [-0.39, 0.29) is 0 Å². The van der Waals surface area contributed by atoms with Crippen LogP contribution in [-0.2, 0) is 0 Å². The largest absolute Gasteiger partial charge is 0.439 e. The number of anilines is 5. The van der Waals surface area contributed by atoms with Crippen LogP contribution < -0.4 is 15.0 Å². The van der Waals surface area contributed by atoms with Crippen molar-refractivity contribution in [2.75, 3.05) is 10.2 Å². The van der Waals surface area contributed by atoms with Crippen molar-refractivity contribution in [1.82, 2.24) is 9.97 Å². The highest BCUT2D eigenvalue weighted by Gasteiger charge is 2.22. The van der Waals surface area contributed by atoms with Crippen LogP contribution in [0, 0.1) is 0 Å². The first-order valence-corrected chi connectivity index (χ1v) is 14.2. The maximum atomic E-state index is 6.40. The number of nitrogens with zero attached hydrogens (tertiary/aromatic N) is 3. The molecule has 0 bridgehead atoms. The molecular weight excluding hydrogens is 528 g/mol. The molecule has 0 atom stereocenters. The summed E-state index contributed by atoms with van der Waals surface area (Å²) in [6.45, 7) is 0. The summed E-state index contributed by atoms with van der Waals surface area (Å²) in [6, 6.07) is 41.0. The van der Waals surface area contributed by atoms with Crippen molar-refractivity contribution in [3.63, 3.8) is 0 Å². The van der Waals surface area contributed by atoms with Crippen molar-refractivity contribution in [2.45, 2.75) is 0 Å². The Hall–Kier alpha value is -5.94. The number of rotatable bonds is 4. The Balaban J connectivity index is 1.14. The molecule has 4 aromatic carbocycles. The van der Waals surface area contributed by atoms with Crippen molar-refractivity contribution < 1.29 is 4.74 Å². The Morgan fingerprint density at radius 2 is 1.35 bits per heavy atom. The van der Waals surface area contributed by atoms with Crippen LogP contribution in [0.1, 0.15) is 22.3 Å². The Morgan fingerprint density at radius 1 is 0.605 bits per heavy atom. The monoisotopic (exact) mass is 554 g/mol. The fourth-order valence-corrected chi connectivity index (χ4v) is 5.68. The fourth-order valence-electron chi connectivity index (χ4n) is 5.68. The number of hydrogen-bond donors (Lipinski definition) is 1. The molecule has 204 valence electrons. The number of benzene rings is 4. The van der Waals surface area contributed by atoms with E-state index in [2.05, 4.69) is 107 Å². The number of ether oxygens (including phenoxy) is 1. The zero-order valence-electron chi connectivity index (χ0n) is 23.2. The smallest absolute Gasteiger partial charge is 0.221 e. The van der Waals surface area contributed by atoms with Gasteiger partial charge in [-0.15, -0.1) is 0 Å². The third-order valence-electron chi connectivity index (χ3n) is 7.71. The SMILES string of the molecule is C1=Cc2cccc(-c3cccc(Oc4cccc(N5c6ccccc6C=Cc6cccnc65)n4)c3)c2Nc2ccccc21. The van der Waals surface area contributed by atoms with Gasteiger partial charge in [0.25, 0.3) is 0 Å².